The molecule has 0 aliphatic carbocycles. The zero-order valence-electron chi connectivity index (χ0n) is 12.0. The van der Waals surface area contributed by atoms with Gasteiger partial charge in [-0.2, -0.15) is 0 Å². The molecule has 114 valence electrons. The largest absolute Gasteiger partial charge is 0.489 e. The van der Waals surface area contributed by atoms with Crippen molar-refractivity contribution < 1.29 is 19.4 Å². The number of anilines is 1. The van der Waals surface area contributed by atoms with Gasteiger partial charge in [-0.25, -0.2) is 4.79 Å². The van der Waals surface area contributed by atoms with Gasteiger partial charge in [0.25, 0.3) is 5.91 Å². The molecule has 1 aromatic carbocycles. The summed E-state index contributed by atoms with van der Waals surface area (Å²) in [6.07, 6.45) is 2.06. The zero-order chi connectivity index (χ0) is 15.2. The fourth-order valence-corrected chi connectivity index (χ4v) is 2.25. The molecule has 0 aromatic heterocycles. The van der Waals surface area contributed by atoms with Crippen LogP contribution in [0.25, 0.3) is 0 Å². The fourth-order valence-electron chi connectivity index (χ4n) is 2.25. The number of nitrogens with one attached hydrogen (secondary N) is 2. The Hall–Kier alpha value is -2.24. The van der Waals surface area contributed by atoms with Crippen molar-refractivity contribution in [2.45, 2.75) is 32.2 Å². The second-order valence-corrected chi connectivity index (χ2v) is 4.96. The topological polar surface area (TPSA) is 87.7 Å². The third-order valence-corrected chi connectivity index (χ3v) is 3.37. The molecule has 1 amide bonds. The van der Waals surface area contributed by atoms with Crippen molar-refractivity contribution in [3.8, 4) is 5.75 Å². The summed E-state index contributed by atoms with van der Waals surface area (Å²) in [6.45, 7) is 3.15. The summed E-state index contributed by atoms with van der Waals surface area (Å²) in [5.41, 5.74) is 1.12. The van der Waals surface area contributed by atoms with Crippen molar-refractivity contribution in [3.05, 3.63) is 23.8 Å². The van der Waals surface area contributed by atoms with Gasteiger partial charge in [-0.05, 0) is 18.6 Å². The Kier molecular flexibility index (Phi) is 5.03. The number of carboxylic acid groups (broad SMARTS) is 1. The number of amides is 1. The maximum absolute atomic E-state index is 12.3. The van der Waals surface area contributed by atoms with E-state index in [0.717, 1.165) is 18.5 Å². The number of rotatable bonds is 6. The van der Waals surface area contributed by atoms with E-state index in [-0.39, 0.29) is 0 Å². The third kappa shape index (κ3) is 3.65. The van der Waals surface area contributed by atoms with E-state index in [0.29, 0.717) is 30.9 Å². The first-order chi connectivity index (χ1) is 10.1. The Labute approximate surface area is 123 Å². The smallest absolute Gasteiger partial charge is 0.326 e. The van der Waals surface area contributed by atoms with Crippen molar-refractivity contribution in [1.29, 1.82) is 0 Å². The summed E-state index contributed by atoms with van der Waals surface area (Å²) in [5.74, 6) is -0.944. The molecule has 3 N–H and O–H groups in total. The Morgan fingerprint density at radius 1 is 1.48 bits per heavy atom. The van der Waals surface area contributed by atoms with E-state index in [2.05, 4.69) is 10.6 Å². The van der Waals surface area contributed by atoms with Gasteiger partial charge >= 0.3 is 5.97 Å². The minimum Gasteiger partial charge on any atom is -0.489 e. The highest BCUT2D eigenvalue weighted by atomic mass is 16.5. The van der Waals surface area contributed by atoms with Gasteiger partial charge in [0.1, 0.15) is 12.6 Å². The van der Waals surface area contributed by atoms with Crippen LogP contribution in [-0.4, -0.2) is 36.2 Å². The zero-order valence-corrected chi connectivity index (χ0v) is 12.0. The molecule has 0 bridgehead atoms. The molecule has 1 heterocycles. The normalized spacial score (nSPS) is 14.3. The van der Waals surface area contributed by atoms with Crippen molar-refractivity contribution in [1.82, 2.24) is 5.32 Å². The summed E-state index contributed by atoms with van der Waals surface area (Å²) >= 11 is 0. The van der Waals surface area contributed by atoms with Gasteiger partial charge < -0.3 is 20.5 Å². The Balaban J connectivity index is 2.14. The molecule has 6 heteroatoms. The molecule has 6 nitrogen and oxygen atoms in total. The highest BCUT2D eigenvalue weighted by Crippen LogP contribution is 2.31. The van der Waals surface area contributed by atoms with Crippen LogP contribution in [0, 0.1) is 0 Å². The van der Waals surface area contributed by atoms with Crippen molar-refractivity contribution >= 4 is 17.6 Å². The molecule has 0 saturated carbocycles. The molecule has 2 rings (SSSR count). The monoisotopic (exact) mass is 292 g/mol. The van der Waals surface area contributed by atoms with E-state index in [1.807, 2.05) is 13.0 Å². The minimum atomic E-state index is -1.01. The number of ether oxygens (including phenoxy) is 1. The SMILES string of the molecule is CCCCC(NC(=O)c1cccc2c1OCCN2)C(=O)O. The van der Waals surface area contributed by atoms with E-state index >= 15 is 0 Å². The summed E-state index contributed by atoms with van der Waals surface area (Å²) < 4.78 is 5.53. The fraction of sp³-hybridized carbons (Fsp3) is 0.467. The summed E-state index contributed by atoms with van der Waals surface area (Å²) in [4.78, 5) is 23.5. The predicted octanol–water partition coefficient (Wildman–Crippen LogP) is 1.86. The van der Waals surface area contributed by atoms with Crippen molar-refractivity contribution in [2.24, 2.45) is 0 Å². The number of aliphatic carboxylic acids is 1. The molecule has 0 saturated heterocycles. The number of carbonyl (C=O) groups excluding carboxylic acids is 1. The van der Waals surface area contributed by atoms with Crippen LogP contribution in [-0.2, 0) is 4.79 Å². The molecule has 1 unspecified atom stereocenters. The van der Waals surface area contributed by atoms with Crippen molar-refractivity contribution in [3.63, 3.8) is 0 Å². The first kappa shape index (κ1) is 15.2. The van der Waals surface area contributed by atoms with Crippen LogP contribution in [0.2, 0.25) is 0 Å². The molecule has 1 atom stereocenters. The summed E-state index contributed by atoms with van der Waals surface area (Å²) in [5, 5.41) is 14.9. The minimum absolute atomic E-state index is 0.363. The van der Waals surface area contributed by atoms with Crippen LogP contribution in [0.3, 0.4) is 0 Å². The molecule has 0 fully saturated rings. The Morgan fingerprint density at radius 3 is 3.00 bits per heavy atom. The lowest BCUT2D eigenvalue weighted by atomic mass is 10.1. The van der Waals surface area contributed by atoms with E-state index in [4.69, 9.17) is 4.74 Å². The van der Waals surface area contributed by atoms with Crippen LogP contribution in [0.1, 0.15) is 36.5 Å². The van der Waals surface area contributed by atoms with E-state index < -0.39 is 17.9 Å². The van der Waals surface area contributed by atoms with Crippen LogP contribution >= 0.6 is 0 Å². The average Bonchev–Trinajstić information content (AvgIpc) is 2.50. The van der Waals surface area contributed by atoms with Gasteiger partial charge in [0, 0.05) is 6.54 Å². The van der Waals surface area contributed by atoms with Crippen LogP contribution < -0.4 is 15.4 Å². The lowest BCUT2D eigenvalue weighted by molar-refractivity contribution is -0.139. The molecule has 0 spiro atoms. The Bertz CT molecular complexity index is 530. The van der Waals surface area contributed by atoms with Gasteiger partial charge in [-0.3, -0.25) is 4.79 Å². The lowest BCUT2D eigenvalue weighted by Crippen LogP contribution is -2.41. The van der Waals surface area contributed by atoms with Crippen LogP contribution in [0.4, 0.5) is 5.69 Å². The standard InChI is InChI=1S/C15H20N2O4/c1-2-3-6-12(15(19)20)17-14(18)10-5-4-7-11-13(10)21-9-8-16-11/h4-5,7,12,16H,2-3,6,8-9H2,1H3,(H,17,18)(H,19,20). The van der Waals surface area contributed by atoms with Crippen LogP contribution in [0.5, 0.6) is 5.75 Å². The number of unbranched alkanes of at least 4 members (excludes halogenated alkanes) is 1. The average molecular weight is 292 g/mol. The lowest BCUT2D eigenvalue weighted by Gasteiger charge is -2.22. The number of carbonyl (C=O) groups is 2. The van der Waals surface area contributed by atoms with E-state index in [1.165, 1.54) is 0 Å². The second-order valence-electron chi connectivity index (χ2n) is 4.96. The summed E-state index contributed by atoms with van der Waals surface area (Å²) in [6, 6.07) is 4.35. The quantitative estimate of drug-likeness (QED) is 0.745. The number of para-hydroxylation sites is 1. The molecular weight excluding hydrogens is 272 g/mol. The summed E-state index contributed by atoms with van der Waals surface area (Å²) in [7, 11) is 0. The number of carboxylic acids is 1. The maximum atomic E-state index is 12.3. The first-order valence-corrected chi connectivity index (χ1v) is 7.16. The second kappa shape index (κ2) is 6.97. The van der Waals surface area contributed by atoms with Gasteiger partial charge in [-0.1, -0.05) is 25.8 Å². The first-order valence-electron chi connectivity index (χ1n) is 7.16. The van der Waals surface area contributed by atoms with Gasteiger partial charge in [0.15, 0.2) is 5.75 Å². The number of hydrogen-bond donors (Lipinski definition) is 3. The molecular formula is C15H20N2O4. The number of fused-ring (bicyclic) bond motifs is 1. The highest BCUT2D eigenvalue weighted by molar-refractivity contribution is 6.00. The van der Waals surface area contributed by atoms with E-state index in [9.17, 15) is 14.7 Å². The van der Waals surface area contributed by atoms with Gasteiger partial charge in [0.05, 0.1) is 11.3 Å². The number of hydrogen-bond acceptors (Lipinski definition) is 4. The third-order valence-electron chi connectivity index (χ3n) is 3.37. The molecule has 1 aliphatic rings. The Morgan fingerprint density at radius 2 is 2.29 bits per heavy atom. The highest BCUT2D eigenvalue weighted by Gasteiger charge is 2.24. The van der Waals surface area contributed by atoms with Gasteiger partial charge in [0.2, 0.25) is 0 Å². The van der Waals surface area contributed by atoms with E-state index in [1.54, 1.807) is 12.1 Å². The van der Waals surface area contributed by atoms with Crippen molar-refractivity contribution in [2.75, 3.05) is 18.5 Å². The number of benzene rings is 1. The maximum Gasteiger partial charge on any atom is 0.326 e. The van der Waals surface area contributed by atoms with Crippen LogP contribution in [0.15, 0.2) is 18.2 Å². The molecule has 0 radical (unpaired) electrons. The van der Waals surface area contributed by atoms with Gasteiger partial charge in [-0.15, -0.1) is 0 Å². The molecule has 21 heavy (non-hydrogen) atoms. The molecule has 1 aromatic rings. The molecule has 1 aliphatic heterocycles. The predicted molar refractivity (Wildman–Crippen MR) is 78.8 cm³/mol.